The molecule has 0 aliphatic carbocycles. The van der Waals surface area contributed by atoms with E-state index < -0.39 is 23.5 Å². The fourth-order valence-electron chi connectivity index (χ4n) is 4.10. The maximum atomic E-state index is 14.0. The zero-order valence-corrected chi connectivity index (χ0v) is 19.5. The van der Waals surface area contributed by atoms with E-state index in [1.54, 1.807) is 49.4 Å². The summed E-state index contributed by atoms with van der Waals surface area (Å²) < 4.78 is 44.1. The second kappa shape index (κ2) is 10.3. The van der Waals surface area contributed by atoms with Crippen LogP contribution in [0.3, 0.4) is 0 Å². The molecule has 0 aliphatic rings. The Morgan fingerprint density at radius 2 is 1.68 bits per heavy atom. The normalized spacial score (nSPS) is 11.9. The van der Waals surface area contributed by atoms with Crippen molar-refractivity contribution < 1.29 is 23.1 Å². The molecule has 0 saturated carbocycles. The lowest BCUT2D eigenvalue weighted by Crippen LogP contribution is -2.27. The maximum absolute atomic E-state index is 14.0. The third kappa shape index (κ3) is 5.43. The maximum Gasteiger partial charge on any atom is 0.433 e. The molecule has 3 aromatic rings. The van der Waals surface area contributed by atoms with Gasteiger partial charge in [-0.2, -0.15) is 13.2 Å². The number of alkyl halides is 3. The molecule has 34 heavy (non-hydrogen) atoms. The molecule has 0 radical (unpaired) electrons. The Hall–Kier alpha value is -3.29. The number of benzene rings is 2. The summed E-state index contributed by atoms with van der Waals surface area (Å²) >= 11 is 0. The van der Waals surface area contributed by atoms with E-state index in [1.807, 2.05) is 13.8 Å². The number of hydrogen-bond acceptors (Lipinski definition) is 2. The van der Waals surface area contributed by atoms with Gasteiger partial charge in [-0.05, 0) is 41.5 Å². The number of carboxylic acid groups (broad SMARTS) is 1. The number of nitrogens with zero attached hydrogens (tertiary/aromatic N) is 2. The van der Waals surface area contributed by atoms with Crippen LogP contribution in [0.4, 0.5) is 13.2 Å². The molecule has 5 nitrogen and oxygen atoms in total. The van der Waals surface area contributed by atoms with E-state index in [9.17, 15) is 27.9 Å². The smallest absolute Gasteiger partial charge is 0.433 e. The number of aromatic nitrogens is 2. The highest BCUT2D eigenvalue weighted by Gasteiger charge is 2.40. The second-order valence-electron chi connectivity index (χ2n) is 8.79. The van der Waals surface area contributed by atoms with Gasteiger partial charge < -0.3 is 5.11 Å². The van der Waals surface area contributed by atoms with Gasteiger partial charge >= 0.3 is 17.8 Å². The van der Waals surface area contributed by atoms with Crippen molar-refractivity contribution in [1.29, 1.82) is 0 Å². The largest absolute Gasteiger partial charge is 0.478 e. The number of hydrogen-bond donors (Lipinski definition) is 1. The van der Waals surface area contributed by atoms with Crippen LogP contribution in [0.2, 0.25) is 0 Å². The first-order chi connectivity index (χ1) is 16.0. The highest BCUT2D eigenvalue weighted by Crippen LogP contribution is 2.33. The molecule has 0 spiro atoms. The van der Waals surface area contributed by atoms with Crippen LogP contribution in [0.1, 0.15) is 60.9 Å². The Bertz CT molecular complexity index is 1210. The van der Waals surface area contributed by atoms with E-state index in [2.05, 4.69) is 0 Å². The molecule has 2 aromatic carbocycles. The Kier molecular flexibility index (Phi) is 7.69. The minimum Gasteiger partial charge on any atom is -0.478 e. The van der Waals surface area contributed by atoms with Gasteiger partial charge in [0.2, 0.25) is 0 Å². The minimum absolute atomic E-state index is 0.00376. The molecule has 0 aliphatic heterocycles. The summed E-state index contributed by atoms with van der Waals surface area (Å²) in [6.45, 7) is 5.63. The van der Waals surface area contributed by atoms with Crippen LogP contribution < -0.4 is 5.69 Å². The first-order valence-electron chi connectivity index (χ1n) is 11.4. The van der Waals surface area contributed by atoms with Gasteiger partial charge in [-0.1, -0.05) is 69.7 Å². The summed E-state index contributed by atoms with van der Waals surface area (Å²) in [7, 11) is 0. The topological polar surface area (TPSA) is 64.2 Å². The minimum atomic E-state index is -4.63. The number of aromatic carboxylic acids is 1. The fourth-order valence-corrected chi connectivity index (χ4v) is 4.10. The van der Waals surface area contributed by atoms with Gasteiger partial charge in [-0.3, -0.25) is 9.13 Å². The summed E-state index contributed by atoms with van der Waals surface area (Å²) in [6.07, 6.45) is -3.54. The molecule has 1 N–H and O–H groups in total. The molecular weight excluding hydrogens is 445 g/mol. The lowest BCUT2D eigenvalue weighted by molar-refractivity contribution is -0.144. The number of halogens is 3. The second-order valence-corrected chi connectivity index (χ2v) is 8.79. The summed E-state index contributed by atoms with van der Waals surface area (Å²) in [5.41, 5.74) is 0.533. The van der Waals surface area contributed by atoms with Crippen LogP contribution in [0.15, 0.2) is 53.3 Å². The highest BCUT2D eigenvalue weighted by atomic mass is 19.4. The van der Waals surface area contributed by atoms with Crippen molar-refractivity contribution in [3.8, 4) is 11.1 Å². The summed E-state index contributed by atoms with van der Waals surface area (Å²) in [5.74, 6) is -0.884. The van der Waals surface area contributed by atoms with E-state index in [0.29, 0.717) is 29.5 Å². The SMILES string of the molecule is CCCc1c(C(F)(F)F)n(CCC(C)C)c(=O)n1Cc1ccc(-c2ccccc2C(=O)O)cc1. The predicted octanol–water partition coefficient (Wildman–Crippen LogP) is 6.08. The van der Waals surface area contributed by atoms with Crippen molar-refractivity contribution >= 4 is 5.97 Å². The average molecular weight is 475 g/mol. The number of carboxylic acids is 1. The van der Waals surface area contributed by atoms with Crippen molar-refractivity contribution in [2.24, 2.45) is 5.92 Å². The molecule has 8 heteroatoms. The standard InChI is InChI=1S/C26H29F3N2O3/c1-4-7-22-23(26(27,28)29)30(15-14-17(2)3)25(34)31(22)16-18-10-12-19(13-11-18)20-8-5-6-9-21(20)24(32)33/h5-6,8-13,17H,4,7,14-16H2,1-3H3,(H,32,33). The number of rotatable bonds is 9. The summed E-state index contributed by atoms with van der Waals surface area (Å²) in [5, 5.41) is 9.43. The molecule has 0 saturated heterocycles. The van der Waals surface area contributed by atoms with Crippen molar-refractivity contribution in [2.75, 3.05) is 0 Å². The molecule has 0 atom stereocenters. The van der Waals surface area contributed by atoms with Crippen LogP contribution in [0.5, 0.6) is 0 Å². The Morgan fingerprint density at radius 1 is 1.03 bits per heavy atom. The van der Waals surface area contributed by atoms with Crippen molar-refractivity contribution in [3.05, 3.63) is 81.5 Å². The van der Waals surface area contributed by atoms with Gasteiger partial charge in [0.15, 0.2) is 0 Å². The predicted molar refractivity (Wildman–Crippen MR) is 125 cm³/mol. The van der Waals surface area contributed by atoms with E-state index in [4.69, 9.17) is 0 Å². The van der Waals surface area contributed by atoms with Gasteiger partial charge in [0, 0.05) is 6.54 Å². The molecular formula is C26H29F3N2O3. The summed E-state index contributed by atoms with van der Waals surface area (Å²) in [4.78, 5) is 24.6. The van der Waals surface area contributed by atoms with Crippen LogP contribution in [-0.4, -0.2) is 20.2 Å². The Morgan fingerprint density at radius 3 is 2.24 bits per heavy atom. The van der Waals surface area contributed by atoms with Gasteiger partial charge in [-0.15, -0.1) is 0 Å². The molecule has 1 aromatic heterocycles. The quantitative estimate of drug-likeness (QED) is 0.409. The molecule has 182 valence electrons. The Labute approximate surface area is 196 Å². The molecule has 3 rings (SSSR count). The fraction of sp³-hybridized carbons (Fsp3) is 0.385. The van der Waals surface area contributed by atoms with Gasteiger partial charge in [0.25, 0.3) is 0 Å². The zero-order valence-electron chi connectivity index (χ0n) is 19.5. The lowest BCUT2D eigenvalue weighted by atomic mass is 9.99. The van der Waals surface area contributed by atoms with Crippen molar-refractivity contribution in [1.82, 2.24) is 9.13 Å². The molecule has 0 amide bonds. The number of carbonyl (C=O) groups is 1. The van der Waals surface area contributed by atoms with Crippen molar-refractivity contribution in [3.63, 3.8) is 0 Å². The molecule has 0 bridgehead atoms. The van der Waals surface area contributed by atoms with Gasteiger partial charge in [-0.25, -0.2) is 9.59 Å². The van der Waals surface area contributed by atoms with Crippen LogP contribution in [-0.2, 0) is 25.7 Å². The van der Waals surface area contributed by atoms with Gasteiger partial charge in [0.05, 0.1) is 17.8 Å². The molecule has 0 unspecified atom stereocenters. The molecule has 0 fully saturated rings. The van der Waals surface area contributed by atoms with Gasteiger partial charge in [0.1, 0.15) is 5.69 Å². The highest BCUT2D eigenvalue weighted by molar-refractivity contribution is 5.95. The van der Waals surface area contributed by atoms with Crippen LogP contribution in [0, 0.1) is 5.92 Å². The third-order valence-electron chi connectivity index (χ3n) is 5.78. The van der Waals surface area contributed by atoms with E-state index >= 15 is 0 Å². The van der Waals surface area contributed by atoms with E-state index in [0.717, 1.165) is 4.57 Å². The zero-order chi connectivity index (χ0) is 25.0. The lowest BCUT2D eigenvalue weighted by Gasteiger charge is -2.14. The average Bonchev–Trinajstić information content (AvgIpc) is 3.04. The van der Waals surface area contributed by atoms with E-state index in [1.165, 1.54) is 10.6 Å². The monoisotopic (exact) mass is 474 g/mol. The van der Waals surface area contributed by atoms with Crippen molar-refractivity contribution in [2.45, 2.75) is 59.3 Å². The first kappa shape index (κ1) is 25.3. The first-order valence-corrected chi connectivity index (χ1v) is 11.4. The molecule has 1 heterocycles. The third-order valence-corrected chi connectivity index (χ3v) is 5.78. The van der Waals surface area contributed by atoms with Crippen LogP contribution in [0.25, 0.3) is 11.1 Å². The van der Waals surface area contributed by atoms with E-state index in [-0.39, 0.29) is 36.7 Å². The number of imidazole rings is 1. The Balaban J connectivity index is 2.02. The van der Waals surface area contributed by atoms with Crippen LogP contribution >= 0.6 is 0 Å². The summed E-state index contributed by atoms with van der Waals surface area (Å²) in [6, 6.07) is 13.5.